The first-order valence-electron chi connectivity index (χ1n) is 31.9. The van der Waals surface area contributed by atoms with Crippen molar-refractivity contribution in [2.45, 2.75) is 21.7 Å². The third-order valence-electron chi connectivity index (χ3n) is 29.1. The highest BCUT2D eigenvalue weighted by atomic mass is 16.5. The van der Waals surface area contributed by atoms with Gasteiger partial charge in [0.2, 0.25) is 0 Å². The van der Waals surface area contributed by atoms with Crippen LogP contribution in [0.25, 0.3) is 259 Å². The van der Waals surface area contributed by atoms with Crippen LogP contribution < -0.4 is 11.5 Å². The molecule has 4 N–H and O–H groups in total. The zero-order chi connectivity index (χ0) is 51.6. The molecule has 4 unspecified atom stereocenters. The van der Waals surface area contributed by atoms with Crippen molar-refractivity contribution in [3.8, 4) is 0 Å². The first-order valence-corrected chi connectivity index (χ1v) is 31.9. The standard InChI is InChI=1S/C76H36N4O4/c77-1-5-81-9-11-83-7-3-79-13-73-65-49-38-27-20-21-25-18-17-22-19-23(18)34-43-32(25)39-28(21)30-29(27)40-37-41(30)52-50(39)66-54(43)56-45(34)36-26(19)35-44-33(22)42(31(38)24(17)20)53(65)55(44)67-57-46(35)47(36)58-62-61(57)71(75(67,73)15-79)63-59(69(73)51(40)49)48(37)60-64(63)72(62)76(68(56)58)16-80(14-74(66,76)70(52)60)4-8-84-12-10-82-6-2-78/h1-16,77-78H2. The minimum Gasteiger partial charge on any atom is -0.378 e. The van der Waals surface area contributed by atoms with E-state index in [9.17, 15) is 0 Å². The Balaban J connectivity index is 0.901. The van der Waals surface area contributed by atoms with Crippen LogP contribution in [0.1, 0.15) is 44.5 Å². The van der Waals surface area contributed by atoms with E-state index < -0.39 is 0 Å². The van der Waals surface area contributed by atoms with E-state index in [1.807, 2.05) is 0 Å². The van der Waals surface area contributed by atoms with Gasteiger partial charge in [0, 0.05) is 52.4 Å². The van der Waals surface area contributed by atoms with Gasteiger partial charge in [0.05, 0.1) is 74.5 Å². The molecule has 8 aliphatic carbocycles. The lowest BCUT2D eigenvalue weighted by atomic mass is 9.49. The van der Waals surface area contributed by atoms with Crippen LogP contribution in [0.5, 0.6) is 0 Å². The van der Waals surface area contributed by atoms with E-state index in [0.29, 0.717) is 65.9 Å². The van der Waals surface area contributed by atoms with Gasteiger partial charge in [-0.1, -0.05) is 0 Å². The number of rotatable bonds is 16. The second-order valence-electron chi connectivity index (χ2n) is 30.1. The van der Waals surface area contributed by atoms with Crippen LogP contribution >= 0.6 is 0 Å². The van der Waals surface area contributed by atoms with Crippen molar-refractivity contribution in [3.05, 3.63) is 44.5 Å². The molecular formula is C76H36N4O4. The monoisotopic (exact) mass is 1070 g/mol. The second kappa shape index (κ2) is 9.43. The normalized spacial score (nSPS) is 25.9. The topological polar surface area (TPSA) is 95.4 Å². The van der Waals surface area contributed by atoms with E-state index in [2.05, 4.69) is 9.80 Å². The quantitative estimate of drug-likeness (QED) is 0.0730. The van der Waals surface area contributed by atoms with E-state index in [1.165, 1.54) is 0 Å². The van der Waals surface area contributed by atoms with Gasteiger partial charge in [0.1, 0.15) is 0 Å². The van der Waals surface area contributed by atoms with Crippen molar-refractivity contribution in [3.63, 3.8) is 0 Å². The van der Waals surface area contributed by atoms with Gasteiger partial charge in [-0.25, -0.2) is 0 Å². The van der Waals surface area contributed by atoms with Crippen molar-refractivity contribution < 1.29 is 18.9 Å². The largest absolute Gasteiger partial charge is 0.378 e. The van der Waals surface area contributed by atoms with Gasteiger partial charge in [-0.3, -0.25) is 9.80 Å². The van der Waals surface area contributed by atoms with E-state index in [-0.39, 0.29) is 21.7 Å². The number of hydrogen-bond acceptors (Lipinski definition) is 8. The summed E-state index contributed by atoms with van der Waals surface area (Å²) in [7, 11) is 0. The second-order valence-corrected chi connectivity index (χ2v) is 30.1. The zero-order valence-electron chi connectivity index (χ0n) is 45.0. The minimum absolute atomic E-state index is 0.249. The molecule has 0 saturated carbocycles. The molecule has 4 spiro atoms. The highest BCUT2D eigenvalue weighted by molar-refractivity contribution is 6.78. The molecule has 10 aliphatic rings. The SMILES string of the molecule is NCCOCCOCCN1CC23c4c5c6c7c8c4c4c2c2c9c%10c%11c%12c(c5c5c6c6c%13c%14c%15c%16c%17c(c8c8c4c4c2c2c9c9c%11c%11c%18c%12c5c%13c%18c5c%14c%12c%16c%13c%17c8c4c4c2c2c9c%11c5c%12c2c%134)C72CN(CCOCCOCCN)CC6%152)C%103C1. The Bertz CT molecular complexity index is 7090. The van der Waals surface area contributed by atoms with Gasteiger partial charge in [-0.2, -0.15) is 0 Å². The summed E-state index contributed by atoms with van der Waals surface area (Å²) in [6.45, 7) is 12.0. The molecule has 8 nitrogen and oxygen atoms in total. The van der Waals surface area contributed by atoms with Crippen LogP contribution in [0.15, 0.2) is 0 Å². The summed E-state index contributed by atoms with van der Waals surface area (Å²) < 4.78 is 25.0. The number of benzene rings is 16. The highest BCUT2D eigenvalue weighted by Crippen LogP contribution is 2.88. The predicted molar refractivity (Wildman–Crippen MR) is 341 cm³/mol. The Kier molecular flexibility index (Phi) is 4.15. The van der Waals surface area contributed by atoms with Gasteiger partial charge in [0.25, 0.3) is 0 Å². The van der Waals surface area contributed by atoms with Crippen LogP contribution in [0.3, 0.4) is 0 Å². The third kappa shape index (κ3) is 2.31. The number of hydrogen-bond donors (Lipinski definition) is 2. The maximum Gasteiger partial charge on any atom is 0.0701 e. The molecule has 2 saturated heterocycles. The first kappa shape index (κ1) is 37.0. The molecule has 0 aromatic heterocycles. The van der Waals surface area contributed by atoms with Gasteiger partial charge < -0.3 is 30.4 Å². The Morgan fingerprint density at radius 2 is 0.345 bits per heavy atom. The lowest BCUT2D eigenvalue weighted by molar-refractivity contribution is 0.0428. The Morgan fingerprint density at radius 3 is 0.524 bits per heavy atom. The number of likely N-dealkylation sites (tertiary alicyclic amines) is 2. The summed E-state index contributed by atoms with van der Waals surface area (Å²) in [5, 5.41) is 80.5. The number of ether oxygens (including phenoxy) is 4. The summed E-state index contributed by atoms with van der Waals surface area (Å²) in [5.41, 5.74) is 24.9. The average molecular weight is 1070 g/mol. The fraction of sp³-hybridized carbons (Fsp3) is 0.263. The number of nitrogens with zero attached hydrogens (tertiary/aromatic N) is 2. The van der Waals surface area contributed by atoms with Crippen molar-refractivity contribution in [1.82, 2.24) is 9.80 Å². The van der Waals surface area contributed by atoms with E-state index in [0.717, 1.165) is 39.3 Å². The van der Waals surface area contributed by atoms with Crippen molar-refractivity contribution in [1.29, 1.82) is 0 Å². The summed E-state index contributed by atoms with van der Waals surface area (Å²) in [6, 6.07) is 0. The maximum atomic E-state index is 6.63. The smallest absolute Gasteiger partial charge is 0.0701 e. The van der Waals surface area contributed by atoms with Gasteiger partial charge in [0.15, 0.2) is 0 Å². The molecule has 24 aromatic carbocycles. The molecule has 84 heavy (non-hydrogen) atoms. The number of nitrogens with two attached hydrogens (primary N) is 2. The summed E-state index contributed by atoms with van der Waals surface area (Å²) in [4.78, 5) is 5.94. The molecule has 2 fully saturated rings. The summed E-state index contributed by atoms with van der Waals surface area (Å²) >= 11 is 0. The molecule has 0 bridgehead atoms. The van der Waals surface area contributed by atoms with Crippen LogP contribution in [-0.2, 0) is 40.6 Å². The fourth-order valence-electron chi connectivity index (χ4n) is 28.8. The first-order chi connectivity index (χ1) is 41.8. The van der Waals surface area contributed by atoms with E-state index >= 15 is 0 Å². The molecule has 0 amide bonds. The Hall–Kier alpha value is -7.60. The van der Waals surface area contributed by atoms with Crippen molar-refractivity contribution in [2.24, 2.45) is 11.5 Å². The third-order valence-corrected chi connectivity index (χ3v) is 29.1. The van der Waals surface area contributed by atoms with Gasteiger partial charge >= 0.3 is 0 Å². The molecule has 8 heteroatoms. The molecular weight excluding hydrogens is 1030 g/mol. The molecule has 0 radical (unpaired) electrons. The molecule has 4 atom stereocenters. The molecule has 24 aromatic rings. The van der Waals surface area contributed by atoms with Crippen molar-refractivity contribution >= 4 is 259 Å². The Morgan fingerprint density at radius 1 is 0.202 bits per heavy atom. The lowest BCUT2D eigenvalue weighted by Crippen LogP contribution is -2.51. The minimum atomic E-state index is -0.257. The average Bonchev–Trinajstić information content (AvgIpc) is 1.38. The molecule has 2 aliphatic heterocycles. The van der Waals surface area contributed by atoms with Crippen molar-refractivity contribution in [2.75, 3.05) is 105 Å². The van der Waals surface area contributed by atoms with Crippen LogP contribution in [0.4, 0.5) is 0 Å². The predicted octanol–water partition coefficient (Wildman–Crippen LogP) is 13.5. The maximum absolute atomic E-state index is 6.63. The fourth-order valence-corrected chi connectivity index (χ4v) is 28.8. The van der Waals surface area contributed by atoms with E-state index in [1.54, 1.807) is 303 Å². The van der Waals surface area contributed by atoms with Gasteiger partial charge in [-0.15, -0.1) is 0 Å². The summed E-state index contributed by atoms with van der Waals surface area (Å²) in [6.07, 6.45) is 0. The van der Waals surface area contributed by atoms with Crippen LogP contribution in [0.2, 0.25) is 0 Å². The van der Waals surface area contributed by atoms with E-state index in [4.69, 9.17) is 30.4 Å². The highest BCUT2D eigenvalue weighted by Gasteiger charge is 2.77. The molecule has 34 rings (SSSR count). The van der Waals surface area contributed by atoms with Crippen LogP contribution in [0, 0.1) is 0 Å². The molecule has 2 heterocycles. The zero-order valence-corrected chi connectivity index (χ0v) is 45.0. The van der Waals surface area contributed by atoms with Gasteiger partial charge in [-0.05, 0) is 303 Å². The summed E-state index contributed by atoms with van der Waals surface area (Å²) in [5.74, 6) is 0. The molecule has 384 valence electrons. The lowest BCUT2D eigenvalue weighted by Gasteiger charge is -2.51. The Labute approximate surface area is 467 Å². The van der Waals surface area contributed by atoms with Crippen LogP contribution in [-0.4, -0.2) is 115 Å².